The molecule has 152 valence electrons. The molecule has 0 saturated carbocycles. The minimum Gasteiger partial charge on any atom is -0.481 e. The molecule has 0 unspecified atom stereocenters. The summed E-state index contributed by atoms with van der Waals surface area (Å²) in [5.41, 5.74) is 0. The van der Waals surface area contributed by atoms with Gasteiger partial charge in [-0.2, -0.15) is 0 Å². The first-order chi connectivity index (χ1) is 12.7. The van der Waals surface area contributed by atoms with Crippen LogP contribution in [0.1, 0.15) is 90.9 Å². The maximum absolute atomic E-state index is 10.6. The number of hydrogen-bond acceptors (Lipinski definition) is 3. The number of hydrogen-bond donors (Lipinski definition) is 1. The van der Waals surface area contributed by atoms with E-state index in [1.54, 1.807) is 0 Å². The van der Waals surface area contributed by atoms with Gasteiger partial charge in [-0.3, -0.25) is 4.79 Å². The SMILES string of the molecule is CCCCC/C=C/COC(CCCCC(=O)O)OC/C=C/CCCCC. The van der Waals surface area contributed by atoms with Crippen molar-refractivity contribution in [2.45, 2.75) is 97.2 Å². The van der Waals surface area contributed by atoms with Crippen LogP contribution in [0, 0.1) is 0 Å². The van der Waals surface area contributed by atoms with Crippen molar-refractivity contribution < 1.29 is 19.4 Å². The summed E-state index contributed by atoms with van der Waals surface area (Å²) in [5, 5.41) is 8.72. The molecule has 0 aliphatic heterocycles. The van der Waals surface area contributed by atoms with Gasteiger partial charge in [-0.25, -0.2) is 0 Å². The second kappa shape index (κ2) is 20.2. The molecule has 0 spiro atoms. The molecule has 26 heavy (non-hydrogen) atoms. The van der Waals surface area contributed by atoms with Crippen LogP contribution in [0.5, 0.6) is 0 Å². The molecule has 4 nitrogen and oxygen atoms in total. The van der Waals surface area contributed by atoms with E-state index in [1.165, 1.54) is 38.5 Å². The lowest BCUT2D eigenvalue weighted by Crippen LogP contribution is -2.18. The zero-order valence-corrected chi connectivity index (χ0v) is 17.0. The molecule has 0 fully saturated rings. The highest BCUT2D eigenvalue weighted by molar-refractivity contribution is 5.66. The molecule has 0 rings (SSSR count). The number of rotatable bonds is 19. The van der Waals surface area contributed by atoms with Gasteiger partial charge >= 0.3 is 5.97 Å². The fourth-order valence-electron chi connectivity index (χ4n) is 2.52. The van der Waals surface area contributed by atoms with Gasteiger partial charge in [0, 0.05) is 6.42 Å². The topological polar surface area (TPSA) is 55.8 Å². The van der Waals surface area contributed by atoms with Crippen molar-refractivity contribution in [2.24, 2.45) is 0 Å². The van der Waals surface area contributed by atoms with Crippen LogP contribution in [0.3, 0.4) is 0 Å². The number of aliphatic carboxylic acids is 1. The van der Waals surface area contributed by atoms with Crippen molar-refractivity contribution in [1.29, 1.82) is 0 Å². The van der Waals surface area contributed by atoms with E-state index in [-0.39, 0.29) is 12.7 Å². The lowest BCUT2D eigenvalue weighted by atomic mass is 10.2. The van der Waals surface area contributed by atoms with Gasteiger partial charge in [0.15, 0.2) is 6.29 Å². The molecule has 0 aromatic heterocycles. The van der Waals surface area contributed by atoms with E-state index in [1.807, 2.05) is 0 Å². The molecule has 0 bridgehead atoms. The monoisotopic (exact) mass is 368 g/mol. The number of carboxylic acids is 1. The van der Waals surface area contributed by atoms with Gasteiger partial charge in [0.05, 0.1) is 13.2 Å². The lowest BCUT2D eigenvalue weighted by Gasteiger charge is -2.16. The molecular formula is C22H40O4. The van der Waals surface area contributed by atoms with E-state index in [0.29, 0.717) is 19.6 Å². The first-order valence-corrected chi connectivity index (χ1v) is 10.5. The maximum atomic E-state index is 10.6. The van der Waals surface area contributed by atoms with Gasteiger partial charge in [0.25, 0.3) is 0 Å². The van der Waals surface area contributed by atoms with Gasteiger partial charge in [0.1, 0.15) is 0 Å². The Hall–Kier alpha value is -1.13. The van der Waals surface area contributed by atoms with Gasteiger partial charge < -0.3 is 14.6 Å². The smallest absolute Gasteiger partial charge is 0.303 e. The van der Waals surface area contributed by atoms with E-state index in [4.69, 9.17) is 14.6 Å². The van der Waals surface area contributed by atoms with Crippen LogP contribution in [0.15, 0.2) is 24.3 Å². The van der Waals surface area contributed by atoms with Gasteiger partial charge in [-0.05, 0) is 44.9 Å². The molecule has 0 aromatic rings. The second-order valence-corrected chi connectivity index (χ2v) is 6.67. The van der Waals surface area contributed by atoms with Crippen molar-refractivity contribution in [2.75, 3.05) is 13.2 Å². The third-order valence-electron chi connectivity index (χ3n) is 4.12. The molecule has 0 amide bonds. The third-order valence-corrected chi connectivity index (χ3v) is 4.12. The van der Waals surface area contributed by atoms with Crippen molar-refractivity contribution in [3.8, 4) is 0 Å². The standard InChI is InChI=1S/C22H40O4/c1-3-5-7-9-11-15-19-25-22(18-14-13-17-21(23)24)26-20-16-12-10-8-6-4-2/h11-12,15-16,22H,3-10,13-14,17-20H2,1-2H3,(H,23,24)/b15-11+,16-12+. The highest BCUT2D eigenvalue weighted by Gasteiger charge is 2.08. The maximum Gasteiger partial charge on any atom is 0.303 e. The Bertz CT molecular complexity index is 339. The van der Waals surface area contributed by atoms with Crippen LogP contribution in [0.25, 0.3) is 0 Å². The van der Waals surface area contributed by atoms with Crippen LogP contribution in [0.4, 0.5) is 0 Å². The third kappa shape index (κ3) is 19.2. The van der Waals surface area contributed by atoms with Crippen LogP contribution in [-0.4, -0.2) is 30.6 Å². The summed E-state index contributed by atoms with van der Waals surface area (Å²) in [4.78, 5) is 10.6. The predicted octanol–water partition coefficient (Wildman–Crippen LogP) is 6.26. The summed E-state index contributed by atoms with van der Waals surface area (Å²) in [6, 6.07) is 0. The highest BCUT2D eigenvalue weighted by atomic mass is 16.7. The van der Waals surface area contributed by atoms with E-state index in [9.17, 15) is 4.79 Å². The van der Waals surface area contributed by atoms with Crippen molar-refractivity contribution >= 4 is 5.97 Å². The lowest BCUT2D eigenvalue weighted by molar-refractivity contribution is -0.138. The van der Waals surface area contributed by atoms with E-state index >= 15 is 0 Å². The van der Waals surface area contributed by atoms with Crippen molar-refractivity contribution in [1.82, 2.24) is 0 Å². The molecule has 0 aliphatic rings. The molecule has 0 heterocycles. The Kier molecular flexibility index (Phi) is 19.3. The average molecular weight is 369 g/mol. The molecule has 0 aromatic carbocycles. The van der Waals surface area contributed by atoms with E-state index < -0.39 is 5.97 Å². The summed E-state index contributed by atoms with van der Waals surface area (Å²) in [6.07, 6.45) is 20.3. The number of carbonyl (C=O) groups is 1. The van der Waals surface area contributed by atoms with Crippen molar-refractivity contribution in [3.63, 3.8) is 0 Å². The summed E-state index contributed by atoms with van der Waals surface area (Å²) in [5.74, 6) is -0.742. The highest BCUT2D eigenvalue weighted by Crippen LogP contribution is 2.10. The predicted molar refractivity (Wildman–Crippen MR) is 108 cm³/mol. The minimum atomic E-state index is -0.742. The van der Waals surface area contributed by atoms with Gasteiger partial charge in [-0.15, -0.1) is 0 Å². The van der Waals surface area contributed by atoms with E-state index in [2.05, 4.69) is 38.2 Å². The molecule has 1 N–H and O–H groups in total. The zero-order valence-electron chi connectivity index (χ0n) is 17.0. The summed E-state index contributed by atoms with van der Waals surface area (Å²) >= 11 is 0. The number of carboxylic acid groups (broad SMARTS) is 1. The Morgan fingerprint density at radius 1 is 0.808 bits per heavy atom. The quantitative estimate of drug-likeness (QED) is 0.166. The van der Waals surface area contributed by atoms with Gasteiger partial charge in [-0.1, -0.05) is 63.8 Å². The number of allylic oxidation sites excluding steroid dienone is 2. The first kappa shape index (κ1) is 24.9. The average Bonchev–Trinajstić information content (AvgIpc) is 2.62. The van der Waals surface area contributed by atoms with E-state index in [0.717, 1.165) is 25.7 Å². The molecule has 0 aliphatic carbocycles. The van der Waals surface area contributed by atoms with Crippen LogP contribution in [-0.2, 0) is 14.3 Å². The molecule has 0 saturated heterocycles. The largest absolute Gasteiger partial charge is 0.481 e. The fraction of sp³-hybridized carbons (Fsp3) is 0.773. The van der Waals surface area contributed by atoms with Crippen LogP contribution in [0.2, 0.25) is 0 Å². The number of unbranched alkanes of at least 4 members (excludes halogenated alkanes) is 7. The Morgan fingerprint density at radius 2 is 1.35 bits per heavy atom. The van der Waals surface area contributed by atoms with Crippen molar-refractivity contribution in [3.05, 3.63) is 24.3 Å². The summed E-state index contributed by atoms with van der Waals surface area (Å²) < 4.78 is 11.6. The minimum absolute atomic E-state index is 0.210. The summed E-state index contributed by atoms with van der Waals surface area (Å²) in [6.45, 7) is 5.51. The fourth-order valence-corrected chi connectivity index (χ4v) is 2.52. The molecule has 4 heteroatoms. The Morgan fingerprint density at radius 3 is 1.81 bits per heavy atom. The Balaban J connectivity index is 4.01. The van der Waals surface area contributed by atoms with Crippen LogP contribution < -0.4 is 0 Å². The first-order valence-electron chi connectivity index (χ1n) is 10.5. The molecule has 0 radical (unpaired) electrons. The molecular weight excluding hydrogens is 328 g/mol. The Labute approximate surface area is 160 Å². The normalized spacial score (nSPS) is 12.0. The van der Waals surface area contributed by atoms with Crippen LogP contribution >= 0.6 is 0 Å². The zero-order chi connectivity index (χ0) is 19.3. The number of ether oxygens (including phenoxy) is 2. The summed E-state index contributed by atoms with van der Waals surface area (Å²) in [7, 11) is 0. The molecule has 0 atom stereocenters. The second-order valence-electron chi connectivity index (χ2n) is 6.67. The van der Waals surface area contributed by atoms with Gasteiger partial charge in [0.2, 0.25) is 0 Å².